The Morgan fingerprint density at radius 2 is 2.09 bits per heavy atom. The zero-order valence-electron chi connectivity index (χ0n) is 12.8. The molecule has 0 aliphatic carbocycles. The number of amides is 2. The molecule has 0 radical (unpaired) electrons. The molecule has 1 heterocycles. The minimum absolute atomic E-state index is 0.141. The number of carbonyl (C=O) groups is 1. The van der Waals surface area contributed by atoms with E-state index in [2.05, 4.69) is 15.6 Å². The quantitative estimate of drug-likeness (QED) is 0.765. The van der Waals surface area contributed by atoms with Crippen molar-refractivity contribution in [3.8, 4) is 11.3 Å². The first-order valence-electron chi connectivity index (χ1n) is 7.26. The third-order valence-corrected chi connectivity index (χ3v) is 4.06. The van der Waals surface area contributed by atoms with Crippen LogP contribution in [0.15, 0.2) is 29.6 Å². The number of thiazole rings is 1. The van der Waals surface area contributed by atoms with Crippen LogP contribution in [0.25, 0.3) is 11.3 Å². The first-order valence-corrected chi connectivity index (χ1v) is 8.14. The molecule has 1 aromatic heterocycles. The minimum Gasteiger partial charge on any atom is -0.396 e. The lowest BCUT2D eigenvalue weighted by molar-refractivity contribution is 0.243. The third kappa shape index (κ3) is 4.82. The average Bonchev–Trinajstić information content (AvgIpc) is 2.93. The molecule has 22 heavy (non-hydrogen) atoms. The maximum atomic E-state index is 11.8. The highest BCUT2D eigenvalue weighted by Gasteiger charge is 2.06. The molecule has 1 aromatic carbocycles. The highest BCUT2D eigenvalue weighted by atomic mass is 32.1. The SMILES string of the molecule is Cc1nc(-c2ccc(NC(=O)NCC(C)CCO)cc2)cs1. The Kier molecular flexibility index (Phi) is 5.91. The summed E-state index contributed by atoms with van der Waals surface area (Å²) in [5.41, 5.74) is 2.73. The summed E-state index contributed by atoms with van der Waals surface area (Å²) in [5, 5.41) is 17.5. The monoisotopic (exact) mass is 319 g/mol. The summed E-state index contributed by atoms with van der Waals surface area (Å²) in [7, 11) is 0. The van der Waals surface area contributed by atoms with Crippen molar-refractivity contribution in [1.29, 1.82) is 0 Å². The Labute approximate surface area is 134 Å². The molecule has 0 saturated carbocycles. The lowest BCUT2D eigenvalue weighted by atomic mass is 10.1. The average molecular weight is 319 g/mol. The van der Waals surface area contributed by atoms with E-state index in [1.807, 2.05) is 43.5 Å². The fraction of sp³-hybridized carbons (Fsp3) is 0.375. The van der Waals surface area contributed by atoms with E-state index in [-0.39, 0.29) is 18.6 Å². The van der Waals surface area contributed by atoms with Gasteiger partial charge in [0.15, 0.2) is 0 Å². The van der Waals surface area contributed by atoms with E-state index in [0.29, 0.717) is 13.0 Å². The second kappa shape index (κ2) is 7.91. The molecule has 3 N–H and O–H groups in total. The number of aliphatic hydroxyl groups excluding tert-OH is 1. The number of hydrogen-bond acceptors (Lipinski definition) is 4. The van der Waals surface area contributed by atoms with Gasteiger partial charge in [-0.2, -0.15) is 0 Å². The van der Waals surface area contributed by atoms with Crippen LogP contribution >= 0.6 is 11.3 Å². The molecule has 2 amide bonds. The van der Waals surface area contributed by atoms with Gasteiger partial charge < -0.3 is 15.7 Å². The summed E-state index contributed by atoms with van der Waals surface area (Å²) >= 11 is 1.62. The Hall–Kier alpha value is -1.92. The molecule has 0 bridgehead atoms. The molecule has 0 aliphatic rings. The van der Waals surface area contributed by atoms with Crippen LogP contribution in [0.1, 0.15) is 18.4 Å². The topological polar surface area (TPSA) is 74.2 Å². The number of aryl methyl sites for hydroxylation is 1. The molecule has 5 nitrogen and oxygen atoms in total. The van der Waals surface area contributed by atoms with Crippen LogP contribution in [0.5, 0.6) is 0 Å². The molecule has 6 heteroatoms. The van der Waals surface area contributed by atoms with Crippen LogP contribution in [0.3, 0.4) is 0 Å². The van der Waals surface area contributed by atoms with Gasteiger partial charge in [-0.25, -0.2) is 9.78 Å². The van der Waals surface area contributed by atoms with E-state index in [1.54, 1.807) is 11.3 Å². The van der Waals surface area contributed by atoms with Crippen LogP contribution in [0.4, 0.5) is 10.5 Å². The standard InChI is InChI=1S/C16H21N3O2S/c1-11(7-8-20)9-17-16(21)19-14-5-3-13(4-6-14)15-10-22-12(2)18-15/h3-6,10-11,20H,7-9H2,1-2H3,(H2,17,19,21). The van der Waals surface area contributed by atoms with E-state index >= 15 is 0 Å². The third-order valence-electron chi connectivity index (χ3n) is 3.29. The van der Waals surface area contributed by atoms with Gasteiger partial charge >= 0.3 is 6.03 Å². The van der Waals surface area contributed by atoms with Crippen molar-refractivity contribution >= 4 is 23.1 Å². The number of aromatic nitrogens is 1. The van der Waals surface area contributed by atoms with E-state index in [4.69, 9.17) is 5.11 Å². The maximum Gasteiger partial charge on any atom is 0.319 e. The number of urea groups is 1. The summed E-state index contributed by atoms with van der Waals surface area (Å²) in [6, 6.07) is 7.38. The highest BCUT2D eigenvalue weighted by Crippen LogP contribution is 2.22. The summed E-state index contributed by atoms with van der Waals surface area (Å²) in [6.07, 6.45) is 0.683. The molecule has 2 rings (SSSR count). The molecule has 0 aliphatic heterocycles. The van der Waals surface area contributed by atoms with Gasteiger partial charge in [0.2, 0.25) is 0 Å². The Bertz CT molecular complexity index is 610. The summed E-state index contributed by atoms with van der Waals surface area (Å²) in [6.45, 7) is 4.65. The zero-order valence-corrected chi connectivity index (χ0v) is 13.6. The van der Waals surface area contributed by atoms with Crippen molar-refractivity contribution in [2.24, 2.45) is 5.92 Å². The summed E-state index contributed by atoms with van der Waals surface area (Å²) in [4.78, 5) is 16.2. The highest BCUT2D eigenvalue weighted by molar-refractivity contribution is 7.09. The van der Waals surface area contributed by atoms with Gasteiger partial charge in [-0.05, 0) is 31.4 Å². The van der Waals surface area contributed by atoms with Crippen molar-refractivity contribution in [3.05, 3.63) is 34.7 Å². The molecule has 1 atom stereocenters. The van der Waals surface area contributed by atoms with Gasteiger partial charge in [0.05, 0.1) is 10.7 Å². The van der Waals surface area contributed by atoms with Gasteiger partial charge in [0.1, 0.15) is 0 Å². The van der Waals surface area contributed by atoms with Crippen molar-refractivity contribution < 1.29 is 9.90 Å². The summed E-state index contributed by atoms with van der Waals surface area (Å²) in [5.74, 6) is 0.256. The van der Waals surface area contributed by atoms with Crippen molar-refractivity contribution in [2.45, 2.75) is 20.3 Å². The second-order valence-electron chi connectivity index (χ2n) is 5.28. The number of carbonyl (C=O) groups excluding carboxylic acids is 1. The lowest BCUT2D eigenvalue weighted by Gasteiger charge is -2.12. The fourth-order valence-corrected chi connectivity index (χ4v) is 2.61. The lowest BCUT2D eigenvalue weighted by Crippen LogP contribution is -2.32. The molecule has 0 spiro atoms. The normalized spacial score (nSPS) is 12.0. The minimum atomic E-state index is -0.234. The predicted molar refractivity (Wildman–Crippen MR) is 90.2 cm³/mol. The van der Waals surface area contributed by atoms with Gasteiger partial charge in [-0.15, -0.1) is 11.3 Å². The predicted octanol–water partition coefficient (Wildman–Crippen LogP) is 3.26. The Morgan fingerprint density at radius 1 is 1.36 bits per heavy atom. The number of rotatable bonds is 6. The van der Waals surface area contributed by atoms with Gasteiger partial charge in [-0.3, -0.25) is 0 Å². The van der Waals surface area contributed by atoms with Crippen LogP contribution < -0.4 is 10.6 Å². The summed E-state index contributed by atoms with van der Waals surface area (Å²) < 4.78 is 0. The van der Waals surface area contributed by atoms with Crippen LogP contribution in [0.2, 0.25) is 0 Å². The molecular formula is C16H21N3O2S. The smallest absolute Gasteiger partial charge is 0.319 e. The Balaban J connectivity index is 1.87. The van der Waals surface area contributed by atoms with Crippen molar-refractivity contribution in [3.63, 3.8) is 0 Å². The second-order valence-corrected chi connectivity index (χ2v) is 6.34. The molecule has 0 saturated heterocycles. The van der Waals surface area contributed by atoms with Gasteiger partial charge in [0, 0.05) is 29.8 Å². The maximum absolute atomic E-state index is 11.8. The van der Waals surface area contributed by atoms with Gasteiger partial charge in [-0.1, -0.05) is 19.1 Å². The van der Waals surface area contributed by atoms with Crippen LogP contribution in [0, 0.1) is 12.8 Å². The number of hydrogen-bond donors (Lipinski definition) is 3. The molecule has 1 unspecified atom stereocenters. The van der Waals surface area contributed by atoms with E-state index < -0.39 is 0 Å². The zero-order chi connectivity index (χ0) is 15.9. The number of aliphatic hydroxyl groups is 1. The van der Waals surface area contributed by atoms with Crippen LogP contribution in [-0.4, -0.2) is 29.3 Å². The van der Waals surface area contributed by atoms with Crippen LogP contribution in [-0.2, 0) is 0 Å². The fourth-order valence-electron chi connectivity index (χ4n) is 1.99. The number of nitrogens with zero attached hydrogens (tertiary/aromatic N) is 1. The van der Waals surface area contributed by atoms with Gasteiger partial charge in [0.25, 0.3) is 0 Å². The molecule has 118 valence electrons. The van der Waals surface area contributed by atoms with Crippen molar-refractivity contribution in [1.82, 2.24) is 10.3 Å². The van der Waals surface area contributed by atoms with E-state index in [9.17, 15) is 4.79 Å². The molecule has 0 fully saturated rings. The van der Waals surface area contributed by atoms with E-state index in [0.717, 1.165) is 22.0 Å². The molecular weight excluding hydrogens is 298 g/mol. The van der Waals surface area contributed by atoms with E-state index in [1.165, 1.54) is 0 Å². The number of nitrogens with one attached hydrogen (secondary N) is 2. The Morgan fingerprint density at radius 3 is 2.68 bits per heavy atom. The largest absolute Gasteiger partial charge is 0.396 e. The van der Waals surface area contributed by atoms with Crippen molar-refractivity contribution in [2.75, 3.05) is 18.5 Å². The molecule has 2 aromatic rings. The first kappa shape index (κ1) is 16.5. The first-order chi connectivity index (χ1) is 10.6. The number of anilines is 1. The number of benzene rings is 1.